The first-order chi connectivity index (χ1) is 8.20. The van der Waals surface area contributed by atoms with Gasteiger partial charge in [0.2, 0.25) is 0 Å². The lowest BCUT2D eigenvalue weighted by atomic mass is 9.76. The zero-order valence-corrected chi connectivity index (χ0v) is 10.4. The Morgan fingerprint density at radius 2 is 2.06 bits per heavy atom. The van der Waals surface area contributed by atoms with Crippen LogP contribution in [0.3, 0.4) is 0 Å². The number of hydrogen-bond acceptors (Lipinski definition) is 1. The Morgan fingerprint density at radius 3 is 2.76 bits per heavy atom. The van der Waals surface area contributed by atoms with Crippen LogP contribution in [0.2, 0.25) is 0 Å². The van der Waals surface area contributed by atoms with Crippen LogP contribution in [-0.4, -0.2) is 11.2 Å². The summed E-state index contributed by atoms with van der Waals surface area (Å²) < 4.78 is 13.6. The Hall–Kier alpha value is -0.890. The molecule has 1 aliphatic rings. The van der Waals surface area contributed by atoms with Gasteiger partial charge in [-0.2, -0.15) is 0 Å². The summed E-state index contributed by atoms with van der Waals surface area (Å²) in [6, 6.07) is 6.91. The molecule has 17 heavy (non-hydrogen) atoms. The lowest BCUT2D eigenvalue weighted by Gasteiger charge is -2.33. The molecule has 0 amide bonds. The molecule has 94 valence electrons. The first-order valence-electron chi connectivity index (χ1n) is 6.62. The second-order valence-corrected chi connectivity index (χ2v) is 5.21. The van der Waals surface area contributed by atoms with Crippen molar-refractivity contribution in [2.45, 2.75) is 45.1 Å². The molecule has 0 aliphatic heterocycles. The topological polar surface area (TPSA) is 20.2 Å². The molecule has 1 aromatic rings. The van der Waals surface area contributed by atoms with Crippen LogP contribution in [0, 0.1) is 17.7 Å². The molecule has 0 saturated heterocycles. The first-order valence-corrected chi connectivity index (χ1v) is 6.62. The van der Waals surface area contributed by atoms with Gasteiger partial charge in [-0.25, -0.2) is 4.39 Å². The molecular formula is C15H21FO. The Labute approximate surface area is 103 Å². The van der Waals surface area contributed by atoms with Crippen LogP contribution >= 0.6 is 0 Å². The third-order valence-electron chi connectivity index (χ3n) is 4.07. The van der Waals surface area contributed by atoms with Crippen LogP contribution in [0.25, 0.3) is 0 Å². The van der Waals surface area contributed by atoms with Crippen LogP contribution in [0.15, 0.2) is 24.3 Å². The molecule has 1 N–H and O–H groups in total. The maximum Gasteiger partial charge on any atom is 0.126 e. The lowest BCUT2D eigenvalue weighted by molar-refractivity contribution is 0.0471. The SMILES string of the molecule is CCC1CCC(O)C(Cc2ccccc2F)C1. The highest BCUT2D eigenvalue weighted by molar-refractivity contribution is 5.18. The second-order valence-electron chi connectivity index (χ2n) is 5.21. The van der Waals surface area contributed by atoms with Gasteiger partial charge in [0.05, 0.1) is 6.10 Å². The van der Waals surface area contributed by atoms with Crippen molar-refractivity contribution in [3.8, 4) is 0 Å². The van der Waals surface area contributed by atoms with Crippen molar-refractivity contribution in [3.63, 3.8) is 0 Å². The minimum atomic E-state index is -0.252. The fourth-order valence-electron chi connectivity index (χ4n) is 2.88. The molecule has 0 bridgehead atoms. The van der Waals surface area contributed by atoms with E-state index in [0.29, 0.717) is 12.3 Å². The molecule has 3 unspecified atom stereocenters. The van der Waals surface area contributed by atoms with E-state index in [0.717, 1.165) is 24.8 Å². The highest BCUT2D eigenvalue weighted by atomic mass is 19.1. The number of hydrogen-bond donors (Lipinski definition) is 1. The average molecular weight is 236 g/mol. The van der Waals surface area contributed by atoms with E-state index in [1.165, 1.54) is 12.5 Å². The Kier molecular flexibility index (Phi) is 4.16. The van der Waals surface area contributed by atoms with Gasteiger partial charge in [-0.05, 0) is 49.1 Å². The molecule has 0 radical (unpaired) electrons. The predicted molar refractivity (Wildman–Crippen MR) is 67.2 cm³/mol. The summed E-state index contributed by atoms with van der Waals surface area (Å²) in [5.41, 5.74) is 0.744. The van der Waals surface area contributed by atoms with E-state index in [1.54, 1.807) is 6.07 Å². The standard InChI is InChI=1S/C15H21FO/c1-2-11-7-8-15(17)13(9-11)10-12-5-3-4-6-14(12)16/h3-6,11,13,15,17H,2,7-10H2,1H3. The van der Waals surface area contributed by atoms with Gasteiger partial charge in [-0.3, -0.25) is 0 Å². The van der Waals surface area contributed by atoms with Crippen molar-refractivity contribution in [3.05, 3.63) is 35.6 Å². The van der Waals surface area contributed by atoms with E-state index in [-0.39, 0.29) is 17.8 Å². The minimum Gasteiger partial charge on any atom is -0.393 e. The van der Waals surface area contributed by atoms with Gasteiger partial charge >= 0.3 is 0 Å². The van der Waals surface area contributed by atoms with Crippen LogP contribution < -0.4 is 0 Å². The van der Waals surface area contributed by atoms with Crippen LogP contribution in [0.1, 0.15) is 38.2 Å². The molecule has 1 fully saturated rings. The molecule has 0 aromatic heterocycles. The van der Waals surface area contributed by atoms with Gasteiger partial charge in [-0.15, -0.1) is 0 Å². The maximum absolute atomic E-state index is 13.6. The summed E-state index contributed by atoms with van der Waals surface area (Å²) in [5.74, 6) is 0.791. The smallest absolute Gasteiger partial charge is 0.126 e. The minimum absolute atomic E-state index is 0.140. The molecule has 2 rings (SSSR count). The molecule has 1 aromatic carbocycles. The molecular weight excluding hydrogens is 215 g/mol. The van der Waals surface area contributed by atoms with Gasteiger partial charge in [0, 0.05) is 0 Å². The molecule has 1 nitrogen and oxygen atoms in total. The van der Waals surface area contributed by atoms with Gasteiger partial charge in [0.1, 0.15) is 5.82 Å². The second kappa shape index (κ2) is 5.63. The number of aliphatic hydroxyl groups is 1. The molecule has 3 atom stereocenters. The molecule has 1 aliphatic carbocycles. The summed E-state index contributed by atoms with van der Waals surface area (Å²) in [6.45, 7) is 2.20. The normalized spacial score (nSPS) is 29.2. The highest BCUT2D eigenvalue weighted by Crippen LogP contribution is 2.33. The van der Waals surface area contributed by atoms with Crippen molar-refractivity contribution >= 4 is 0 Å². The van der Waals surface area contributed by atoms with E-state index >= 15 is 0 Å². The fraction of sp³-hybridized carbons (Fsp3) is 0.600. The zero-order chi connectivity index (χ0) is 12.3. The molecule has 0 spiro atoms. The summed E-state index contributed by atoms with van der Waals surface area (Å²) in [5, 5.41) is 10.0. The van der Waals surface area contributed by atoms with E-state index in [2.05, 4.69) is 6.92 Å². The number of rotatable bonds is 3. The average Bonchev–Trinajstić information content (AvgIpc) is 2.35. The predicted octanol–water partition coefficient (Wildman–Crippen LogP) is 3.56. The maximum atomic E-state index is 13.6. The summed E-state index contributed by atoms with van der Waals surface area (Å²) in [7, 11) is 0. The van der Waals surface area contributed by atoms with E-state index in [1.807, 2.05) is 12.1 Å². The lowest BCUT2D eigenvalue weighted by Crippen LogP contribution is -2.30. The van der Waals surface area contributed by atoms with Crippen molar-refractivity contribution in [2.24, 2.45) is 11.8 Å². The fourth-order valence-corrected chi connectivity index (χ4v) is 2.88. The van der Waals surface area contributed by atoms with E-state index in [4.69, 9.17) is 0 Å². The first kappa shape index (κ1) is 12.6. The van der Waals surface area contributed by atoms with Gasteiger partial charge in [-0.1, -0.05) is 31.5 Å². The largest absolute Gasteiger partial charge is 0.393 e. The van der Waals surface area contributed by atoms with E-state index < -0.39 is 0 Å². The third-order valence-corrected chi connectivity index (χ3v) is 4.07. The Bertz CT molecular complexity index is 364. The summed E-state index contributed by atoms with van der Waals surface area (Å²) in [6.07, 6.45) is 4.61. The zero-order valence-electron chi connectivity index (χ0n) is 10.4. The quantitative estimate of drug-likeness (QED) is 0.850. The van der Waals surface area contributed by atoms with Gasteiger partial charge in [0.15, 0.2) is 0 Å². The van der Waals surface area contributed by atoms with Crippen molar-refractivity contribution < 1.29 is 9.50 Å². The third kappa shape index (κ3) is 3.06. The van der Waals surface area contributed by atoms with Crippen LogP contribution in [-0.2, 0) is 6.42 Å². The van der Waals surface area contributed by atoms with Crippen molar-refractivity contribution in [1.29, 1.82) is 0 Å². The van der Waals surface area contributed by atoms with E-state index in [9.17, 15) is 9.50 Å². The number of aliphatic hydroxyl groups excluding tert-OH is 1. The monoisotopic (exact) mass is 236 g/mol. The molecule has 1 saturated carbocycles. The van der Waals surface area contributed by atoms with Crippen LogP contribution in [0.4, 0.5) is 4.39 Å². The van der Waals surface area contributed by atoms with Crippen molar-refractivity contribution in [1.82, 2.24) is 0 Å². The highest BCUT2D eigenvalue weighted by Gasteiger charge is 2.28. The Balaban J connectivity index is 2.04. The molecule has 2 heteroatoms. The van der Waals surface area contributed by atoms with Gasteiger partial charge in [0.25, 0.3) is 0 Å². The molecule has 0 heterocycles. The number of halogens is 1. The number of benzene rings is 1. The van der Waals surface area contributed by atoms with Crippen molar-refractivity contribution in [2.75, 3.05) is 0 Å². The summed E-state index contributed by atoms with van der Waals surface area (Å²) >= 11 is 0. The van der Waals surface area contributed by atoms with Crippen LogP contribution in [0.5, 0.6) is 0 Å². The van der Waals surface area contributed by atoms with Gasteiger partial charge < -0.3 is 5.11 Å². The Morgan fingerprint density at radius 1 is 1.29 bits per heavy atom. The summed E-state index contributed by atoms with van der Waals surface area (Å²) in [4.78, 5) is 0.